The molecule has 15 heteroatoms. The van der Waals surface area contributed by atoms with Crippen molar-refractivity contribution in [2.24, 2.45) is 5.73 Å². The third kappa shape index (κ3) is 12.2. The first-order valence-electron chi connectivity index (χ1n) is 13.1. The highest BCUT2D eigenvalue weighted by atomic mass is 35.5. The van der Waals surface area contributed by atoms with Crippen molar-refractivity contribution in [1.29, 1.82) is 0 Å². The number of carboxylic acids is 1. The van der Waals surface area contributed by atoms with Gasteiger partial charge in [0.1, 0.15) is 0 Å². The summed E-state index contributed by atoms with van der Waals surface area (Å²) in [5.74, 6) is -2.91. The predicted molar refractivity (Wildman–Crippen MR) is 185 cm³/mol. The summed E-state index contributed by atoms with van der Waals surface area (Å²) in [6.45, 7) is 0.855. The van der Waals surface area contributed by atoms with Crippen LogP contribution in [0.1, 0.15) is 52.6 Å². The van der Waals surface area contributed by atoms with E-state index < -0.39 is 17.9 Å². The maximum Gasteiger partial charge on any atom is 0.340 e. The Morgan fingerprint density at radius 3 is 1.43 bits per heavy atom. The van der Waals surface area contributed by atoms with E-state index in [9.17, 15) is 19.2 Å². The number of benzene rings is 4. The number of aromatic carboxylic acids is 1. The molecule has 0 unspecified atom stereocenters. The van der Waals surface area contributed by atoms with Crippen LogP contribution in [0.15, 0.2) is 72.8 Å². The Bertz CT molecular complexity index is 1720. The summed E-state index contributed by atoms with van der Waals surface area (Å²) in [5.41, 5.74) is 7.44. The minimum Gasteiger partial charge on any atom is -0.478 e. The third-order valence-corrected chi connectivity index (χ3v) is 7.50. The van der Waals surface area contributed by atoms with Gasteiger partial charge in [0.25, 0.3) is 5.91 Å². The number of amides is 1. The van der Waals surface area contributed by atoms with Crippen molar-refractivity contribution in [2.75, 3.05) is 14.2 Å². The summed E-state index contributed by atoms with van der Waals surface area (Å²) in [6.07, 6.45) is 0. The van der Waals surface area contributed by atoms with E-state index in [1.165, 1.54) is 26.4 Å². The minimum absolute atomic E-state index is 0.0298. The summed E-state index contributed by atoms with van der Waals surface area (Å²) in [6, 6.07) is 19.7. The van der Waals surface area contributed by atoms with Gasteiger partial charge in [0.15, 0.2) is 0 Å². The molecule has 0 bridgehead atoms. The molecule has 0 saturated carbocycles. The van der Waals surface area contributed by atoms with Crippen LogP contribution >= 0.6 is 69.6 Å². The lowest BCUT2D eigenvalue weighted by Crippen LogP contribution is -2.23. The van der Waals surface area contributed by atoms with Gasteiger partial charge in [0, 0.05) is 28.7 Å². The van der Waals surface area contributed by atoms with E-state index >= 15 is 0 Å². The van der Waals surface area contributed by atoms with Gasteiger partial charge in [0.05, 0.1) is 51.0 Å². The maximum absolute atomic E-state index is 12.2. The van der Waals surface area contributed by atoms with Crippen molar-refractivity contribution in [1.82, 2.24) is 5.32 Å². The summed E-state index contributed by atoms with van der Waals surface area (Å²) in [7, 11) is 2.40. The number of methoxy groups -OCH3 is 2. The van der Waals surface area contributed by atoms with E-state index in [0.29, 0.717) is 18.1 Å². The largest absolute Gasteiger partial charge is 0.478 e. The highest BCUT2D eigenvalue weighted by molar-refractivity contribution is 6.40. The number of esters is 2. The van der Waals surface area contributed by atoms with Crippen LogP contribution < -0.4 is 11.1 Å². The zero-order valence-corrected chi connectivity index (χ0v) is 29.1. The third-order valence-electron chi connectivity index (χ3n) is 5.84. The molecule has 1 amide bonds. The lowest BCUT2D eigenvalue weighted by atomic mass is 10.1. The second-order valence-electron chi connectivity index (χ2n) is 9.06. The van der Waals surface area contributed by atoms with Crippen molar-refractivity contribution >= 4 is 93.4 Å². The lowest BCUT2D eigenvalue weighted by Gasteiger charge is -2.09. The number of halogens is 6. The molecular weight excluding hydrogens is 737 g/mol. The molecular formula is C32H26Cl6N2O7. The van der Waals surface area contributed by atoms with Crippen LogP contribution in [-0.2, 0) is 22.6 Å². The molecule has 0 saturated heterocycles. The first kappa shape index (κ1) is 39.6. The maximum atomic E-state index is 12.2. The number of carbonyl (C=O) groups is 4. The number of nitrogens with two attached hydrogens (primary N) is 1. The van der Waals surface area contributed by atoms with Gasteiger partial charge in [-0.15, -0.1) is 0 Å². The van der Waals surface area contributed by atoms with E-state index in [-0.39, 0.29) is 48.3 Å². The topological polar surface area (TPSA) is 145 Å². The van der Waals surface area contributed by atoms with Crippen LogP contribution in [0.2, 0.25) is 30.1 Å². The van der Waals surface area contributed by atoms with Crippen molar-refractivity contribution in [2.45, 2.75) is 13.1 Å². The second-order valence-corrected chi connectivity index (χ2v) is 11.6. The number of carbonyl (C=O) groups excluding carboxylic acids is 3. The minimum atomic E-state index is -1.17. The molecule has 4 aromatic rings. The zero-order chi connectivity index (χ0) is 35.3. The van der Waals surface area contributed by atoms with Crippen LogP contribution in [0.4, 0.5) is 0 Å². The smallest absolute Gasteiger partial charge is 0.340 e. The second kappa shape index (κ2) is 19.3. The number of hydrogen-bond donors (Lipinski definition) is 3. The van der Waals surface area contributed by atoms with Crippen molar-refractivity contribution < 1.29 is 33.8 Å². The fraction of sp³-hybridized carbons (Fsp3) is 0.125. The number of rotatable bonds is 7. The molecule has 0 aromatic heterocycles. The van der Waals surface area contributed by atoms with Crippen LogP contribution in [0.5, 0.6) is 0 Å². The zero-order valence-electron chi connectivity index (χ0n) is 24.6. The van der Waals surface area contributed by atoms with Crippen LogP contribution in [0.25, 0.3) is 0 Å². The monoisotopic (exact) mass is 760 g/mol. The van der Waals surface area contributed by atoms with Gasteiger partial charge in [-0.3, -0.25) is 4.79 Å². The number of ether oxygens (including phenoxy) is 2. The average molecular weight is 763 g/mol. The molecule has 0 aliphatic rings. The number of carboxylic acid groups (broad SMARTS) is 1. The van der Waals surface area contributed by atoms with E-state index in [2.05, 4.69) is 14.8 Å². The molecule has 0 radical (unpaired) electrons. The SMILES string of the molecule is COC(=O)c1c(Cl)cc(C(=O)NCc2cccc(Cl)c2)cc1Cl.COC(=O)c1c(Cl)cc(C(=O)O)cc1Cl.NCc1cccc(Cl)c1. The molecule has 9 nitrogen and oxygen atoms in total. The molecule has 0 aliphatic heterocycles. The summed E-state index contributed by atoms with van der Waals surface area (Å²) >= 11 is 35.0. The first-order chi connectivity index (χ1) is 22.2. The van der Waals surface area contributed by atoms with E-state index in [1.54, 1.807) is 18.2 Å². The van der Waals surface area contributed by atoms with E-state index in [0.717, 1.165) is 28.3 Å². The fourth-order valence-electron chi connectivity index (χ4n) is 3.59. The molecule has 0 atom stereocenters. The first-order valence-corrected chi connectivity index (χ1v) is 15.3. The Hall–Kier alpha value is -3.54. The Morgan fingerprint density at radius 1 is 0.660 bits per heavy atom. The summed E-state index contributed by atoms with van der Waals surface area (Å²) < 4.78 is 9.04. The highest BCUT2D eigenvalue weighted by Gasteiger charge is 2.20. The molecule has 0 fully saturated rings. The Labute approximate surface area is 300 Å². The van der Waals surface area contributed by atoms with Gasteiger partial charge in [-0.1, -0.05) is 93.9 Å². The van der Waals surface area contributed by atoms with Crippen molar-refractivity contribution in [3.63, 3.8) is 0 Å². The van der Waals surface area contributed by atoms with Gasteiger partial charge in [-0.2, -0.15) is 0 Å². The predicted octanol–water partition coefficient (Wildman–Crippen LogP) is 8.64. The number of nitrogens with one attached hydrogen (secondary N) is 1. The quantitative estimate of drug-likeness (QED) is 0.159. The average Bonchev–Trinajstić information content (AvgIpc) is 3.03. The van der Waals surface area contributed by atoms with E-state index in [1.807, 2.05) is 30.3 Å². The van der Waals surface area contributed by atoms with E-state index in [4.69, 9.17) is 80.4 Å². The molecule has 4 rings (SSSR count). The standard InChI is InChI=1S/C16H12Cl3NO3.C9H6Cl2O4.C7H8ClN/c1-23-16(22)14-12(18)6-10(7-13(14)19)15(21)20-8-9-3-2-4-11(17)5-9;1-15-9(14)7-5(10)2-4(8(12)13)3-6(7)11;8-7-3-1-2-6(4-7)5-9/h2-7H,8H2,1H3,(H,20,21);2-3H,1H3,(H,12,13);1-4H,5,9H2. The van der Waals surface area contributed by atoms with Crippen molar-refractivity contribution in [3.8, 4) is 0 Å². The van der Waals surface area contributed by atoms with Gasteiger partial charge >= 0.3 is 17.9 Å². The molecule has 0 heterocycles. The molecule has 0 aliphatic carbocycles. The molecule has 0 spiro atoms. The highest BCUT2D eigenvalue weighted by Crippen LogP contribution is 2.28. The number of hydrogen-bond acceptors (Lipinski definition) is 7. The lowest BCUT2D eigenvalue weighted by molar-refractivity contribution is 0.0592. The molecule has 4 N–H and O–H groups in total. The van der Waals surface area contributed by atoms with Crippen LogP contribution in [0, 0.1) is 0 Å². The normalized spacial score (nSPS) is 9.98. The molecule has 248 valence electrons. The molecule has 47 heavy (non-hydrogen) atoms. The Kier molecular flexibility index (Phi) is 16.3. The van der Waals surface area contributed by atoms with Gasteiger partial charge < -0.3 is 25.6 Å². The van der Waals surface area contributed by atoms with Crippen molar-refractivity contribution in [3.05, 3.63) is 136 Å². The van der Waals surface area contributed by atoms with Gasteiger partial charge in [-0.05, 0) is 59.7 Å². The van der Waals surface area contributed by atoms with Crippen LogP contribution in [0.3, 0.4) is 0 Å². The Balaban J connectivity index is 0.000000273. The van der Waals surface area contributed by atoms with Crippen LogP contribution in [-0.4, -0.2) is 43.1 Å². The summed E-state index contributed by atoms with van der Waals surface area (Å²) in [5, 5.41) is 12.8. The van der Waals surface area contributed by atoms with Gasteiger partial charge in [0.2, 0.25) is 0 Å². The molecule has 4 aromatic carbocycles. The Morgan fingerprint density at radius 2 is 1.06 bits per heavy atom. The summed E-state index contributed by atoms with van der Waals surface area (Å²) in [4.78, 5) is 45.6. The fourth-order valence-corrected chi connectivity index (χ4v) is 5.30. The van der Waals surface area contributed by atoms with Gasteiger partial charge in [-0.25, -0.2) is 14.4 Å².